The fourth-order valence-electron chi connectivity index (χ4n) is 6.83. The van der Waals surface area contributed by atoms with E-state index in [1.165, 1.54) is 41.2 Å². The number of carbonyl (C=O) groups excluding carboxylic acids is 3. The van der Waals surface area contributed by atoms with Crippen LogP contribution in [-0.2, 0) is 22.4 Å². The summed E-state index contributed by atoms with van der Waals surface area (Å²) in [7, 11) is 0. The number of Topliss-reactive ketones (excluding diaryl/α,β-unsaturated/α-hetero) is 3. The molecule has 226 valence electrons. The fraction of sp³-hybridized carbons (Fsp3) is 0.605. The van der Waals surface area contributed by atoms with Crippen molar-refractivity contribution in [3.05, 3.63) is 58.1 Å². The zero-order valence-electron chi connectivity index (χ0n) is 27.5. The van der Waals surface area contributed by atoms with Gasteiger partial charge in [-0.1, -0.05) is 104 Å². The van der Waals surface area contributed by atoms with E-state index in [0.29, 0.717) is 12.3 Å². The van der Waals surface area contributed by atoms with Crippen LogP contribution in [0.2, 0.25) is 0 Å². The Bertz CT molecular complexity index is 1170. The van der Waals surface area contributed by atoms with Crippen LogP contribution in [0, 0.1) is 24.7 Å². The maximum Gasteiger partial charge on any atom is 0.163 e. The summed E-state index contributed by atoms with van der Waals surface area (Å²) in [6, 6.07) is 11.1. The van der Waals surface area contributed by atoms with Crippen molar-refractivity contribution in [3.63, 3.8) is 0 Å². The van der Waals surface area contributed by atoms with Gasteiger partial charge in [-0.3, -0.25) is 14.4 Å². The molecule has 2 aromatic rings. The van der Waals surface area contributed by atoms with Gasteiger partial charge in [-0.15, -0.1) is 0 Å². The van der Waals surface area contributed by atoms with Crippen molar-refractivity contribution in [2.24, 2.45) is 17.8 Å². The molecule has 0 spiro atoms. The van der Waals surface area contributed by atoms with Gasteiger partial charge >= 0.3 is 0 Å². The second-order valence-electron chi connectivity index (χ2n) is 12.6. The average Bonchev–Trinajstić information content (AvgIpc) is 2.89. The molecule has 2 aromatic carbocycles. The molecule has 0 amide bonds. The molecule has 0 radical (unpaired) electrons. The summed E-state index contributed by atoms with van der Waals surface area (Å²) in [5.41, 5.74) is 8.28. The molecular formula is C38H56O3. The minimum atomic E-state index is -0.0978. The fourth-order valence-corrected chi connectivity index (χ4v) is 6.83. The molecule has 3 heteroatoms. The van der Waals surface area contributed by atoms with Crippen LogP contribution in [0.4, 0.5) is 0 Å². The summed E-state index contributed by atoms with van der Waals surface area (Å²) in [6.07, 6.45) is 8.48. The first kappa shape index (κ1) is 34.7. The lowest BCUT2D eigenvalue weighted by molar-refractivity contribution is -0.129. The van der Waals surface area contributed by atoms with E-state index in [9.17, 15) is 14.4 Å². The maximum absolute atomic E-state index is 13.8. The monoisotopic (exact) mass is 560 g/mol. The number of hydrogen-bond acceptors (Lipinski definition) is 3. The summed E-state index contributed by atoms with van der Waals surface area (Å²) in [5.74, 6) is 0.954. The Morgan fingerprint density at radius 2 is 1.66 bits per heavy atom. The Morgan fingerprint density at radius 1 is 0.976 bits per heavy atom. The topological polar surface area (TPSA) is 51.2 Å². The Labute approximate surface area is 250 Å². The highest BCUT2D eigenvalue weighted by atomic mass is 16.1. The molecule has 1 aliphatic rings. The van der Waals surface area contributed by atoms with Gasteiger partial charge in [-0.2, -0.15) is 0 Å². The van der Waals surface area contributed by atoms with E-state index in [2.05, 4.69) is 85.7 Å². The van der Waals surface area contributed by atoms with Crippen LogP contribution in [0.1, 0.15) is 145 Å². The van der Waals surface area contributed by atoms with Crippen LogP contribution >= 0.6 is 0 Å². The van der Waals surface area contributed by atoms with Crippen molar-refractivity contribution in [2.75, 3.05) is 0 Å². The zero-order chi connectivity index (χ0) is 30.7. The van der Waals surface area contributed by atoms with Crippen LogP contribution < -0.4 is 0 Å². The molecule has 0 saturated heterocycles. The number of carbonyl (C=O) groups is 3. The van der Waals surface area contributed by atoms with Gasteiger partial charge in [0.2, 0.25) is 0 Å². The third-order valence-corrected chi connectivity index (χ3v) is 8.51. The first-order chi connectivity index (χ1) is 19.5. The predicted octanol–water partition coefficient (Wildman–Crippen LogP) is 10.3. The van der Waals surface area contributed by atoms with Crippen molar-refractivity contribution >= 4 is 17.3 Å². The SMILES string of the molecule is CCC.CCCc1cccc(-c2cc(C(C)C)c3c(c2C)C(=O)CC(CC(CCC)C(CC)C(=O)CC(C)=O)C3)c1. The van der Waals surface area contributed by atoms with Crippen LogP contribution in [-0.4, -0.2) is 17.3 Å². The zero-order valence-corrected chi connectivity index (χ0v) is 27.5. The minimum absolute atomic E-state index is 0.0318. The van der Waals surface area contributed by atoms with E-state index < -0.39 is 0 Å². The molecule has 0 heterocycles. The molecule has 3 rings (SSSR count). The minimum Gasteiger partial charge on any atom is -0.300 e. The van der Waals surface area contributed by atoms with E-state index in [0.717, 1.165) is 56.1 Å². The summed E-state index contributed by atoms with van der Waals surface area (Å²) >= 11 is 0. The van der Waals surface area contributed by atoms with Gasteiger partial charge in [0.05, 0.1) is 6.42 Å². The Balaban J connectivity index is 0.00000187. The molecule has 0 saturated carbocycles. The third kappa shape index (κ3) is 9.22. The van der Waals surface area contributed by atoms with Crippen molar-refractivity contribution in [2.45, 2.75) is 132 Å². The van der Waals surface area contributed by atoms with E-state index in [1.54, 1.807) is 0 Å². The van der Waals surface area contributed by atoms with Gasteiger partial charge < -0.3 is 0 Å². The summed E-state index contributed by atoms with van der Waals surface area (Å²) < 4.78 is 0. The second kappa shape index (κ2) is 16.8. The van der Waals surface area contributed by atoms with Gasteiger partial charge in [-0.05, 0) is 90.7 Å². The van der Waals surface area contributed by atoms with Gasteiger partial charge in [-0.25, -0.2) is 0 Å². The standard InChI is InChI=1S/C35H48O3.C3H8/c1-8-12-25-14-11-15-28(17-25)31-21-30(22(4)5)32-19-26(20-34(38)35(32)24(31)7)18-27(13-9-2)29(10-3)33(37)16-23(6)36;1-3-2/h11,14-15,17,21-22,26-27,29H,8-10,12-13,16,18-20H2,1-7H3;3H2,1-2H3. The number of rotatable bonds is 13. The van der Waals surface area contributed by atoms with E-state index >= 15 is 0 Å². The number of fused-ring (bicyclic) bond motifs is 1. The largest absolute Gasteiger partial charge is 0.300 e. The smallest absolute Gasteiger partial charge is 0.163 e. The quantitative estimate of drug-likeness (QED) is 0.229. The van der Waals surface area contributed by atoms with E-state index in [-0.39, 0.29) is 41.5 Å². The molecule has 3 atom stereocenters. The summed E-state index contributed by atoms with van der Waals surface area (Å²) in [5, 5.41) is 0. The first-order valence-electron chi connectivity index (χ1n) is 16.3. The van der Waals surface area contributed by atoms with Crippen molar-refractivity contribution in [1.29, 1.82) is 0 Å². The summed E-state index contributed by atoms with van der Waals surface area (Å²) in [6.45, 7) is 18.7. The normalized spacial score (nSPS) is 16.0. The molecular weight excluding hydrogens is 504 g/mol. The maximum atomic E-state index is 13.8. The van der Waals surface area contributed by atoms with Gasteiger partial charge in [0.1, 0.15) is 11.6 Å². The van der Waals surface area contributed by atoms with Gasteiger partial charge in [0.15, 0.2) is 5.78 Å². The van der Waals surface area contributed by atoms with Crippen LogP contribution in [0.15, 0.2) is 30.3 Å². The highest BCUT2D eigenvalue weighted by molar-refractivity contribution is 6.02. The molecule has 3 unspecified atom stereocenters. The summed E-state index contributed by atoms with van der Waals surface area (Å²) in [4.78, 5) is 38.4. The number of aryl methyl sites for hydroxylation is 1. The molecule has 0 bridgehead atoms. The lowest BCUT2D eigenvalue weighted by Gasteiger charge is -2.33. The van der Waals surface area contributed by atoms with Gasteiger partial charge in [0.25, 0.3) is 0 Å². The number of benzene rings is 2. The average molecular weight is 561 g/mol. The lowest BCUT2D eigenvalue weighted by atomic mass is 9.70. The van der Waals surface area contributed by atoms with E-state index in [4.69, 9.17) is 0 Å². The molecule has 1 aliphatic carbocycles. The molecule has 3 nitrogen and oxygen atoms in total. The van der Waals surface area contributed by atoms with E-state index in [1.807, 2.05) is 0 Å². The number of hydrogen-bond donors (Lipinski definition) is 0. The first-order valence-corrected chi connectivity index (χ1v) is 16.3. The number of ketones is 3. The highest BCUT2D eigenvalue weighted by Crippen LogP contribution is 2.42. The van der Waals surface area contributed by atoms with Gasteiger partial charge in [0, 0.05) is 17.9 Å². The lowest BCUT2D eigenvalue weighted by Crippen LogP contribution is -2.30. The van der Waals surface area contributed by atoms with Crippen molar-refractivity contribution in [3.8, 4) is 11.1 Å². The molecule has 41 heavy (non-hydrogen) atoms. The van der Waals surface area contributed by atoms with Crippen LogP contribution in [0.25, 0.3) is 11.1 Å². The Hall–Kier alpha value is -2.55. The second-order valence-corrected chi connectivity index (χ2v) is 12.6. The molecule has 0 N–H and O–H groups in total. The Kier molecular flexibility index (Phi) is 14.2. The van der Waals surface area contributed by atoms with Crippen molar-refractivity contribution in [1.82, 2.24) is 0 Å². The van der Waals surface area contributed by atoms with Crippen LogP contribution in [0.3, 0.4) is 0 Å². The molecule has 0 fully saturated rings. The third-order valence-electron chi connectivity index (χ3n) is 8.51. The molecule has 0 aromatic heterocycles. The molecule has 0 aliphatic heterocycles. The van der Waals surface area contributed by atoms with Crippen LogP contribution in [0.5, 0.6) is 0 Å². The Morgan fingerprint density at radius 3 is 2.22 bits per heavy atom. The highest BCUT2D eigenvalue weighted by Gasteiger charge is 2.34. The van der Waals surface area contributed by atoms with Crippen molar-refractivity contribution < 1.29 is 14.4 Å². The predicted molar refractivity (Wildman–Crippen MR) is 174 cm³/mol.